The summed E-state index contributed by atoms with van der Waals surface area (Å²) < 4.78 is 1.37. The van der Waals surface area contributed by atoms with Crippen molar-refractivity contribution < 1.29 is 9.59 Å². The summed E-state index contributed by atoms with van der Waals surface area (Å²) in [5.74, 6) is -0.162. The van der Waals surface area contributed by atoms with Crippen LogP contribution in [0, 0.1) is 6.92 Å². The highest BCUT2D eigenvalue weighted by molar-refractivity contribution is 6.19. The van der Waals surface area contributed by atoms with Gasteiger partial charge in [-0.3, -0.25) is 14.2 Å². The maximum atomic E-state index is 12.1. The molecule has 0 unspecified atom stereocenters. The third-order valence-electron chi connectivity index (χ3n) is 2.75. The number of benzene rings is 1. The van der Waals surface area contributed by atoms with Crippen molar-refractivity contribution in [1.29, 1.82) is 0 Å². The van der Waals surface area contributed by atoms with E-state index >= 15 is 0 Å². The Hall–Kier alpha value is -2.23. The number of aromatic nitrogens is 2. The number of nitrogens with zero attached hydrogens (tertiary/aromatic N) is 2. The van der Waals surface area contributed by atoms with Gasteiger partial charge < -0.3 is 0 Å². The van der Waals surface area contributed by atoms with E-state index in [1.54, 1.807) is 31.2 Å². The molecular formula is C12H8N2O2. The van der Waals surface area contributed by atoms with Crippen molar-refractivity contribution in [3.63, 3.8) is 0 Å². The second kappa shape index (κ2) is 2.88. The minimum absolute atomic E-state index is 0.180. The molecule has 2 heterocycles. The zero-order valence-corrected chi connectivity index (χ0v) is 8.60. The Balaban J connectivity index is 2.36. The lowest BCUT2D eigenvalue weighted by molar-refractivity contribution is 0.0905. The van der Waals surface area contributed by atoms with E-state index in [9.17, 15) is 9.59 Å². The Morgan fingerprint density at radius 1 is 1.12 bits per heavy atom. The number of hydrogen-bond acceptors (Lipinski definition) is 3. The zero-order chi connectivity index (χ0) is 11.3. The van der Waals surface area contributed by atoms with Gasteiger partial charge in [0.1, 0.15) is 0 Å². The highest BCUT2D eigenvalue weighted by atomic mass is 16.2. The second-order valence-corrected chi connectivity index (χ2v) is 3.74. The third-order valence-corrected chi connectivity index (χ3v) is 2.75. The molecule has 1 aromatic heterocycles. The summed E-state index contributed by atoms with van der Waals surface area (Å²) in [6, 6.07) is 6.82. The Labute approximate surface area is 91.5 Å². The van der Waals surface area contributed by atoms with Gasteiger partial charge in [-0.15, -0.1) is 0 Å². The molecule has 0 bridgehead atoms. The molecule has 0 amide bonds. The van der Waals surface area contributed by atoms with Crippen LogP contribution in [0.2, 0.25) is 0 Å². The van der Waals surface area contributed by atoms with Gasteiger partial charge >= 0.3 is 0 Å². The van der Waals surface area contributed by atoms with E-state index in [-0.39, 0.29) is 17.5 Å². The molecule has 0 fully saturated rings. The molecule has 0 atom stereocenters. The first-order valence-electron chi connectivity index (χ1n) is 4.93. The van der Waals surface area contributed by atoms with Gasteiger partial charge in [-0.2, -0.15) is 0 Å². The molecule has 2 aromatic rings. The molecule has 0 spiro atoms. The number of fused-ring (bicyclic) bond motifs is 2. The molecule has 4 nitrogen and oxygen atoms in total. The van der Waals surface area contributed by atoms with Gasteiger partial charge in [-0.25, -0.2) is 4.98 Å². The summed E-state index contributed by atoms with van der Waals surface area (Å²) in [5, 5.41) is 0. The fourth-order valence-electron chi connectivity index (χ4n) is 1.96. The maximum Gasteiger partial charge on any atom is 0.264 e. The molecule has 1 aliphatic rings. The zero-order valence-electron chi connectivity index (χ0n) is 8.60. The minimum Gasteiger partial charge on any atom is -0.285 e. The van der Waals surface area contributed by atoms with Gasteiger partial charge in [0.05, 0.1) is 5.56 Å². The van der Waals surface area contributed by atoms with Crippen LogP contribution in [0.3, 0.4) is 0 Å². The van der Waals surface area contributed by atoms with Crippen LogP contribution < -0.4 is 0 Å². The number of imidazole rings is 1. The van der Waals surface area contributed by atoms with Crippen molar-refractivity contribution in [1.82, 2.24) is 9.55 Å². The average molecular weight is 212 g/mol. The predicted octanol–water partition coefficient (Wildman–Crippen LogP) is 1.42. The number of rotatable bonds is 0. The summed E-state index contributed by atoms with van der Waals surface area (Å²) in [4.78, 5) is 28.1. The predicted molar refractivity (Wildman–Crippen MR) is 56.6 cm³/mol. The molecule has 78 valence electrons. The van der Waals surface area contributed by atoms with Crippen molar-refractivity contribution >= 4 is 11.7 Å². The van der Waals surface area contributed by atoms with Crippen molar-refractivity contribution in [2.45, 2.75) is 6.92 Å². The Morgan fingerprint density at radius 2 is 1.81 bits per heavy atom. The highest BCUT2D eigenvalue weighted by Crippen LogP contribution is 2.22. The van der Waals surface area contributed by atoms with Crippen molar-refractivity contribution in [3.8, 4) is 0 Å². The van der Waals surface area contributed by atoms with Gasteiger partial charge in [-0.1, -0.05) is 18.2 Å². The first-order valence-corrected chi connectivity index (χ1v) is 4.93. The van der Waals surface area contributed by atoms with Gasteiger partial charge in [0.2, 0.25) is 5.78 Å². The van der Waals surface area contributed by atoms with Gasteiger partial charge in [-0.05, 0) is 13.0 Å². The van der Waals surface area contributed by atoms with Gasteiger partial charge in [0.25, 0.3) is 5.91 Å². The molecule has 16 heavy (non-hydrogen) atoms. The smallest absolute Gasteiger partial charge is 0.264 e. The molecule has 0 saturated carbocycles. The molecule has 0 saturated heterocycles. The topological polar surface area (TPSA) is 52.0 Å². The van der Waals surface area contributed by atoms with Crippen LogP contribution in [-0.4, -0.2) is 21.2 Å². The molecule has 4 heteroatoms. The molecule has 0 N–H and O–H groups in total. The number of ketones is 1. The largest absolute Gasteiger partial charge is 0.285 e. The Morgan fingerprint density at radius 3 is 2.56 bits per heavy atom. The number of carbonyl (C=O) groups is 2. The van der Waals surface area contributed by atoms with E-state index in [1.165, 1.54) is 10.8 Å². The van der Waals surface area contributed by atoms with E-state index in [2.05, 4.69) is 4.98 Å². The van der Waals surface area contributed by atoms with Crippen molar-refractivity contribution in [2.24, 2.45) is 0 Å². The number of hydrogen-bond donors (Lipinski definition) is 0. The van der Waals surface area contributed by atoms with Crippen LogP contribution in [0.25, 0.3) is 0 Å². The normalized spacial score (nSPS) is 13.6. The van der Waals surface area contributed by atoms with E-state index in [4.69, 9.17) is 0 Å². The summed E-state index contributed by atoms with van der Waals surface area (Å²) in [7, 11) is 0. The summed E-state index contributed by atoms with van der Waals surface area (Å²) in [5.41, 5.74) is 1.56. The number of carbonyl (C=O) groups excluding carboxylic acids is 2. The van der Waals surface area contributed by atoms with Crippen LogP contribution in [0.5, 0.6) is 0 Å². The van der Waals surface area contributed by atoms with Crippen LogP contribution >= 0.6 is 0 Å². The average Bonchev–Trinajstić information content (AvgIpc) is 2.69. The highest BCUT2D eigenvalue weighted by Gasteiger charge is 2.31. The maximum absolute atomic E-state index is 12.1. The minimum atomic E-state index is -0.191. The lowest BCUT2D eigenvalue weighted by atomic mass is 9.99. The SMILES string of the molecule is Cc1cnc2n1C(=O)c1ccccc1C2=O. The van der Waals surface area contributed by atoms with Crippen LogP contribution in [0.1, 0.15) is 32.2 Å². The van der Waals surface area contributed by atoms with E-state index in [0.29, 0.717) is 16.8 Å². The summed E-state index contributed by atoms with van der Waals surface area (Å²) >= 11 is 0. The van der Waals surface area contributed by atoms with Crippen LogP contribution in [0.15, 0.2) is 30.5 Å². The van der Waals surface area contributed by atoms with Crippen molar-refractivity contribution in [3.05, 3.63) is 53.1 Å². The first kappa shape index (κ1) is 9.03. The molecule has 0 radical (unpaired) electrons. The van der Waals surface area contributed by atoms with Crippen LogP contribution in [-0.2, 0) is 0 Å². The molecule has 3 rings (SSSR count). The standard InChI is InChI=1S/C12H8N2O2/c1-7-6-13-11-10(15)8-4-2-3-5-9(8)12(16)14(7)11/h2-6H,1H3. The lowest BCUT2D eigenvalue weighted by Gasteiger charge is -2.16. The number of aryl methyl sites for hydroxylation is 1. The molecule has 1 aromatic carbocycles. The molecular weight excluding hydrogens is 204 g/mol. The summed E-state index contributed by atoms with van der Waals surface area (Å²) in [6.07, 6.45) is 1.54. The first-order chi connectivity index (χ1) is 7.70. The molecule has 1 aliphatic heterocycles. The lowest BCUT2D eigenvalue weighted by Crippen LogP contribution is -2.28. The van der Waals surface area contributed by atoms with Gasteiger partial charge in [0.15, 0.2) is 5.82 Å². The Kier molecular flexibility index (Phi) is 1.63. The van der Waals surface area contributed by atoms with Crippen molar-refractivity contribution in [2.75, 3.05) is 0 Å². The fraction of sp³-hybridized carbons (Fsp3) is 0.0833. The third kappa shape index (κ3) is 0.957. The van der Waals surface area contributed by atoms with Crippen LogP contribution in [0.4, 0.5) is 0 Å². The van der Waals surface area contributed by atoms with E-state index in [1.807, 2.05) is 0 Å². The summed E-state index contributed by atoms with van der Waals surface area (Å²) in [6.45, 7) is 1.76. The second-order valence-electron chi connectivity index (χ2n) is 3.74. The molecule has 0 aliphatic carbocycles. The monoisotopic (exact) mass is 212 g/mol. The Bertz CT molecular complexity index is 626. The quantitative estimate of drug-likeness (QED) is 0.566. The van der Waals surface area contributed by atoms with Gasteiger partial charge in [0, 0.05) is 17.5 Å². The van der Waals surface area contributed by atoms with E-state index < -0.39 is 0 Å². The fourth-order valence-corrected chi connectivity index (χ4v) is 1.96. The van der Waals surface area contributed by atoms with E-state index in [0.717, 1.165) is 0 Å².